The molecular weight excluding hydrogens is 580 g/mol. The summed E-state index contributed by atoms with van der Waals surface area (Å²) in [6, 6.07) is 13.6. The molecule has 1 spiro atoms. The van der Waals surface area contributed by atoms with E-state index in [1.807, 2.05) is 6.92 Å². The van der Waals surface area contributed by atoms with Crippen molar-refractivity contribution in [1.82, 2.24) is 10.2 Å². The van der Waals surface area contributed by atoms with Gasteiger partial charge in [-0.25, -0.2) is 4.39 Å². The fourth-order valence-electron chi connectivity index (χ4n) is 6.29. The normalized spacial score (nSPS) is 21.5. The summed E-state index contributed by atoms with van der Waals surface area (Å²) in [5.41, 5.74) is 0.570. The van der Waals surface area contributed by atoms with Crippen molar-refractivity contribution in [1.29, 1.82) is 0 Å². The lowest BCUT2D eigenvalue weighted by Gasteiger charge is -2.47. The third-order valence-electron chi connectivity index (χ3n) is 8.22. The summed E-state index contributed by atoms with van der Waals surface area (Å²) in [5, 5.41) is 6.80. The second kappa shape index (κ2) is 10.9. The van der Waals surface area contributed by atoms with Crippen molar-refractivity contribution in [2.75, 3.05) is 26.0 Å². The number of hydrogen-bond acceptors (Lipinski definition) is 4. The third kappa shape index (κ3) is 5.01. The number of fused-ring (bicyclic) bond motifs is 2. The second-order valence-electron chi connectivity index (χ2n) is 11.8. The number of halogens is 3. The van der Waals surface area contributed by atoms with Gasteiger partial charge in [0.2, 0.25) is 17.7 Å². The summed E-state index contributed by atoms with van der Waals surface area (Å²) in [7, 11) is 3.36. The van der Waals surface area contributed by atoms with E-state index in [1.54, 1.807) is 70.4 Å². The van der Waals surface area contributed by atoms with Gasteiger partial charge in [0.05, 0.1) is 11.5 Å². The van der Waals surface area contributed by atoms with Crippen LogP contribution in [0, 0.1) is 18.2 Å². The first-order chi connectivity index (χ1) is 19.7. The number of carbonyl (C=O) groups excluding carboxylic acids is 3. The Balaban J connectivity index is 1.73. The molecule has 2 heterocycles. The highest BCUT2D eigenvalue weighted by atomic mass is 35.5. The zero-order valence-corrected chi connectivity index (χ0v) is 25.5. The highest BCUT2D eigenvalue weighted by Gasteiger charge is 2.62. The van der Waals surface area contributed by atoms with Crippen LogP contribution in [0.4, 0.5) is 10.1 Å². The Hall–Kier alpha value is -3.62. The smallest absolute Gasteiger partial charge is 0.238 e. The van der Waals surface area contributed by atoms with Crippen molar-refractivity contribution in [3.05, 3.63) is 92.7 Å². The maximum Gasteiger partial charge on any atom is 0.238 e. The summed E-state index contributed by atoms with van der Waals surface area (Å²) in [6.07, 6.45) is -0.0723. The van der Waals surface area contributed by atoms with Gasteiger partial charge in [-0.3, -0.25) is 14.4 Å². The molecule has 0 aromatic heterocycles. The van der Waals surface area contributed by atoms with Crippen LogP contribution in [0.15, 0.2) is 54.6 Å². The van der Waals surface area contributed by atoms with E-state index in [0.29, 0.717) is 43.7 Å². The zero-order valence-electron chi connectivity index (χ0n) is 24.0. The van der Waals surface area contributed by atoms with Crippen molar-refractivity contribution >= 4 is 46.6 Å². The minimum Gasteiger partial charge on any atom is -0.492 e. The van der Waals surface area contributed by atoms with Gasteiger partial charge < -0.3 is 20.3 Å². The van der Waals surface area contributed by atoms with Gasteiger partial charge in [-0.1, -0.05) is 35.3 Å². The van der Waals surface area contributed by atoms with Crippen LogP contribution in [0.2, 0.25) is 10.0 Å². The van der Waals surface area contributed by atoms with Gasteiger partial charge in [0.15, 0.2) is 0 Å². The number of nitrogens with one attached hydrogen (secondary N) is 2. The van der Waals surface area contributed by atoms with Gasteiger partial charge in [0.1, 0.15) is 23.6 Å². The van der Waals surface area contributed by atoms with Gasteiger partial charge in [-0.05, 0) is 79.9 Å². The highest BCUT2D eigenvalue weighted by molar-refractivity contribution is 6.31. The fourth-order valence-corrected chi connectivity index (χ4v) is 6.64. The molecule has 3 aromatic carbocycles. The highest BCUT2D eigenvalue weighted by Crippen LogP contribution is 2.59. The maximum atomic E-state index is 14.7. The summed E-state index contributed by atoms with van der Waals surface area (Å²) in [5.74, 6) is -1.67. The van der Waals surface area contributed by atoms with E-state index < -0.39 is 28.6 Å². The molecule has 0 aliphatic carbocycles. The van der Waals surface area contributed by atoms with Gasteiger partial charge >= 0.3 is 0 Å². The van der Waals surface area contributed by atoms with Crippen LogP contribution in [0.1, 0.15) is 54.5 Å². The minimum atomic E-state index is -1.41. The van der Waals surface area contributed by atoms with Crippen molar-refractivity contribution in [3.8, 4) is 5.75 Å². The van der Waals surface area contributed by atoms with Crippen LogP contribution >= 0.6 is 23.2 Å². The van der Waals surface area contributed by atoms with E-state index >= 15 is 0 Å². The lowest BCUT2D eigenvalue weighted by Crippen LogP contribution is -2.57. The molecule has 220 valence electrons. The molecule has 10 heteroatoms. The Labute approximate surface area is 254 Å². The van der Waals surface area contributed by atoms with Gasteiger partial charge in [0.25, 0.3) is 0 Å². The Kier molecular flexibility index (Phi) is 7.75. The van der Waals surface area contributed by atoms with E-state index in [0.717, 1.165) is 0 Å². The maximum absolute atomic E-state index is 14.7. The molecule has 1 saturated heterocycles. The predicted octanol–water partition coefficient (Wildman–Crippen LogP) is 6.17. The standard InChI is InChI=1S/C32H32Cl2FN3O4/c1-17-6-9-20(35)14-21(17)28-32(23-10-7-19(34)13-25(23)36-29(32)40)24(15-27(39)37-28)22-12-18(33)8-11-26(22)42-16-31(2,3)30(41)38(4)5/h6-14,24,28H,15-16H2,1-5H3,(H,36,40)(H,37,39)/t24-,28+,32-/m1/s1. The lowest BCUT2D eigenvalue weighted by molar-refractivity contribution is -0.139. The molecule has 0 unspecified atom stereocenters. The molecule has 0 saturated carbocycles. The van der Waals surface area contributed by atoms with Crippen LogP contribution < -0.4 is 15.4 Å². The van der Waals surface area contributed by atoms with Crippen LogP contribution in [-0.2, 0) is 19.8 Å². The van der Waals surface area contributed by atoms with Crippen molar-refractivity contribution in [2.24, 2.45) is 5.41 Å². The molecular formula is C32H32Cl2FN3O4. The van der Waals surface area contributed by atoms with E-state index in [2.05, 4.69) is 10.6 Å². The van der Waals surface area contributed by atoms with Gasteiger partial charge in [0, 0.05) is 47.7 Å². The number of ether oxygens (including phenoxy) is 1. The average Bonchev–Trinajstić information content (AvgIpc) is 3.20. The van der Waals surface area contributed by atoms with Gasteiger partial charge in [-0.15, -0.1) is 0 Å². The second-order valence-corrected chi connectivity index (χ2v) is 12.7. The van der Waals surface area contributed by atoms with Crippen molar-refractivity contribution in [3.63, 3.8) is 0 Å². The Morgan fingerprint density at radius 3 is 2.45 bits per heavy atom. The van der Waals surface area contributed by atoms with Crippen LogP contribution in [0.3, 0.4) is 0 Å². The molecule has 0 radical (unpaired) electrons. The predicted molar refractivity (Wildman–Crippen MR) is 161 cm³/mol. The average molecular weight is 613 g/mol. The summed E-state index contributed by atoms with van der Waals surface area (Å²) < 4.78 is 21.0. The number of hydrogen-bond donors (Lipinski definition) is 2. The third-order valence-corrected chi connectivity index (χ3v) is 8.69. The molecule has 2 aliphatic heterocycles. The number of carbonyl (C=O) groups is 3. The molecule has 42 heavy (non-hydrogen) atoms. The first-order valence-corrected chi connectivity index (χ1v) is 14.3. The van der Waals surface area contributed by atoms with Crippen LogP contribution in [0.25, 0.3) is 0 Å². The Morgan fingerprint density at radius 2 is 1.74 bits per heavy atom. The number of benzene rings is 3. The molecule has 3 aromatic rings. The first-order valence-electron chi connectivity index (χ1n) is 13.6. The topological polar surface area (TPSA) is 87.7 Å². The van der Waals surface area contributed by atoms with Gasteiger partial charge in [-0.2, -0.15) is 0 Å². The molecule has 1 fully saturated rings. The zero-order chi connectivity index (χ0) is 30.6. The molecule has 3 amide bonds. The molecule has 0 bridgehead atoms. The molecule has 2 aliphatic rings. The summed E-state index contributed by atoms with van der Waals surface area (Å²) in [4.78, 5) is 42.1. The van der Waals surface area contributed by atoms with E-state index in [1.165, 1.54) is 17.0 Å². The van der Waals surface area contributed by atoms with E-state index in [-0.39, 0.29) is 30.7 Å². The molecule has 2 N–H and O–H groups in total. The number of anilines is 1. The SMILES string of the molecule is Cc1ccc(F)cc1[C@@H]1NC(=O)C[C@H](c2cc(Cl)ccc2OCC(C)(C)C(=O)N(C)C)[C@@]12C(=O)Nc1cc(Cl)ccc12. The monoisotopic (exact) mass is 611 g/mol. The van der Waals surface area contributed by atoms with Crippen molar-refractivity contribution < 1.29 is 23.5 Å². The van der Waals surface area contributed by atoms with Crippen LogP contribution in [0.5, 0.6) is 5.75 Å². The van der Waals surface area contributed by atoms with E-state index in [9.17, 15) is 18.8 Å². The first kappa shape index (κ1) is 29.9. The number of aryl methyl sites for hydroxylation is 1. The largest absolute Gasteiger partial charge is 0.492 e. The van der Waals surface area contributed by atoms with Crippen molar-refractivity contribution in [2.45, 2.75) is 44.6 Å². The minimum absolute atomic E-state index is 0.0371. The number of amides is 3. The Morgan fingerprint density at radius 1 is 1.05 bits per heavy atom. The lowest BCUT2D eigenvalue weighted by atomic mass is 9.59. The molecule has 3 atom stereocenters. The fraction of sp³-hybridized carbons (Fsp3) is 0.344. The number of rotatable bonds is 6. The summed E-state index contributed by atoms with van der Waals surface area (Å²) in [6.45, 7) is 5.42. The quantitative estimate of drug-likeness (QED) is 0.349. The molecule has 5 rings (SSSR count). The van der Waals surface area contributed by atoms with Crippen LogP contribution in [-0.4, -0.2) is 43.3 Å². The molecule has 7 nitrogen and oxygen atoms in total. The number of piperidine rings is 1. The summed E-state index contributed by atoms with van der Waals surface area (Å²) >= 11 is 12.8. The Bertz CT molecular complexity index is 1610. The van der Waals surface area contributed by atoms with E-state index in [4.69, 9.17) is 27.9 Å². The number of nitrogens with zero attached hydrogens (tertiary/aromatic N) is 1.